The van der Waals surface area contributed by atoms with Crippen LogP contribution in [0.5, 0.6) is 0 Å². The van der Waals surface area contributed by atoms with Crippen molar-refractivity contribution in [3.8, 4) is 0 Å². The number of rotatable bonds is 2. The minimum absolute atomic E-state index is 0. The molecule has 0 aromatic rings. The summed E-state index contributed by atoms with van der Waals surface area (Å²) in [6, 6.07) is 0. The van der Waals surface area contributed by atoms with E-state index in [1.807, 2.05) is 0 Å². The molecule has 0 radical (unpaired) electrons. The molecule has 0 nitrogen and oxygen atoms in total. The van der Waals surface area contributed by atoms with E-state index in [9.17, 15) is 0 Å². The molecule has 0 spiro atoms. The van der Waals surface area contributed by atoms with Gasteiger partial charge in [-0.15, -0.1) is 12.4 Å². The summed E-state index contributed by atoms with van der Waals surface area (Å²) >= 11 is 0.815. The summed E-state index contributed by atoms with van der Waals surface area (Å²) in [5.74, 6) is 0. The molecule has 0 aliphatic carbocycles. The van der Waals surface area contributed by atoms with E-state index in [1.165, 1.54) is 10.6 Å². The SMILES string of the molecule is C[CH2][Al+][CH2]C.Cl. The molecule has 2 heteroatoms. The number of hydrogen-bond donors (Lipinski definition) is 0. The molecule has 0 amide bonds. The minimum Gasteiger partial charge on any atom is -0.147 e. The maximum absolute atomic E-state index is 2.25. The van der Waals surface area contributed by atoms with Crippen LogP contribution >= 0.6 is 12.4 Å². The molecule has 0 rings (SSSR count). The monoisotopic (exact) mass is 121 g/mol. The van der Waals surface area contributed by atoms with Crippen molar-refractivity contribution in [2.24, 2.45) is 0 Å². The normalized spacial score (nSPS) is 5.67. The molecule has 0 atom stereocenters. The van der Waals surface area contributed by atoms with Crippen molar-refractivity contribution in [1.82, 2.24) is 0 Å². The summed E-state index contributed by atoms with van der Waals surface area (Å²) in [6.45, 7) is 4.50. The van der Waals surface area contributed by atoms with E-state index in [4.69, 9.17) is 0 Å². The summed E-state index contributed by atoms with van der Waals surface area (Å²) in [7, 11) is 0. The molecule has 6 heavy (non-hydrogen) atoms. The Bertz CT molecular complexity index is 15.0. The van der Waals surface area contributed by atoms with Gasteiger partial charge < -0.3 is 0 Å². The largest absolute Gasteiger partial charge is 0.147 e. The smallest absolute Gasteiger partial charge is 0.147 e. The summed E-state index contributed by atoms with van der Waals surface area (Å²) in [5.41, 5.74) is 0. The van der Waals surface area contributed by atoms with Gasteiger partial charge in [0, 0.05) is 0 Å². The standard InChI is InChI=1S/2C2H5.Al.ClH/c2*1-2;;/h2*1H2,2H3;;1H/q;;+1;. The second kappa shape index (κ2) is 9.27. The van der Waals surface area contributed by atoms with E-state index < -0.39 is 0 Å². The van der Waals surface area contributed by atoms with Gasteiger partial charge in [0.25, 0.3) is 0 Å². The Morgan fingerprint density at radius 2 is 1.50 bits per heavy atom. The van der Waals surface area contributed by atoms with Crippen LogP contribution in [0.15, 0.2) is 0 Å². The van der Waals surface area contributed by atoms with Gasteiger partial charge in [0.15, 0.2) is 0 Å². The first kappa shape index (κ1) is 9.95. The van der Waals surface area contributed by atoms with Crippen LogP contribution in [0, 0.1) is 0 Å². The zero-order chi connectivity index (χ0) is 4.12. The van der Waals surface area contributed by atoms with Crippen LogP contribution in [0.2, 0.25) is 10.6 Å². The Hall–Kier alpha value is 0.822. The van der Waals surface area contributed by atoms with Gasteiger partial charge in [-0.1, -0.05) is 0 Å². The van der Waals surface area contributed by atoms with Crippen molar-refractivity contribution >= 4 is 27.6 Å². The fraction of sp³-hybridized carbons (Fsp3) is 1.00. The fourth-order valence-electron chi connectivity index (χ4n) is 0.289. The van der Waals surface area contributed by atoms with Crippen molar-refractivity contribution in [2.75, 3.05) is 0 Å². The first-order chi connectivity index (χ1) is 2.41. The van der Waals surface area contributed by atoms with E-state index >= 15 is 0 Å². The van der Waals surface area contributed by atoms with Gasteiger partial charge in [0.05, 0.1) is 0 Å². The molecule has 0 N–H and O–H groups in total. The van der Waals surface area contributed by atoms with Crippen molar-refractivity contribution in [1.29, 1.82) is 0 Å². The summed E-state index contributed by atoms with van der Waals surface area (Å²) in [6.07, 6.45) is 0. The third-order valence-electron chi connectivity index (χ3n) is 0.577. The maximum Gasteiger partial charge on any atom is -0.147 e. The second-order valence-electron chi connectivity index (χ2n) is 1.11. The van der Waals surface area contributed by atoms with E-state index in [-0.39, 0.29) is 12.4 Å². The van der Waals surface area contributed by atoms with Crippen LogP contribution in [0.3, 0.4) is 0 Å². The van der Waals surface area contributed by atoms with Crippen molar-refractivity contribution in [3.63, 3.8) is 0 Å². The predicted molar refractivity (Wildman–Crippen MR) is 34.0 cm³/mol. The van der Waals surface area contributed by atoms with Gasteiger partial charge in [0.1, 0.15) is 0 Å². The third kappa shape index (κ3) is 8.85. The van der Waals surface area contributed by atoms with Crippen molar-refractivity contribution in [2.45, 2.75) is 24.4 Å². The molecule has 0 unspecified atom stereocenters. The Morgan fingerprint density at radius 1 is 1.17 bits per heavy atom. The average molecular weight is 122 g/mol. The first-order valence-corrected chi connectivity index (χ1v) is 3.86. The van der Waals surface area contributed by atoms with E-state index in [0.29, 0.717) is 0 Å². The Morgan fingerprint density at radius 3 is 1.50 bits per heavy atom. The van der Waals surface area contributed by atoms with E-state index in [0.717, 1.165) is 15.2 Å². The van der Waals surface area contributed by atoms with E-state index in [1.54, 1.807) is 0 Å². The van der Waals surface area contributed by atoms with Gasteiger partial charge >= 0.3 is 39.6 Å². The molecule has 0 fully saturated rings. The Kier molecular flexibility index (Phi) is 15.4. The molecule has 0 aliphatic rings. The minimum atomic E-state index is 0. The molecule has 36 valence electrons. The molecule has 0 aromatic heterocycles. The molecular weight excluding hydrogens is 110 g/mol. The zero-order valence-corrected chi connectivity index (χ0v) is 6.37. The topological polar surface area (TPSA) is 0 Å². The Labute approximate surface area is 52.4 Å². The van der Waals surface area contributed by atoms with Gasteiger partial charge in [-0.25, -0.2) is 0 Å². The maximum atomic E-state index is 2.25. The molecule has 0 saturated heterocycles. The summed E-state index contributed by atoms with van der Waals surface area (Å²) < 4.78 is 0. The molecular formula is C4H11AlCl+. The van der Waals surface area contributed by atoms with Crippen molar-refractivity contribution in [3.05, 3.63) is 0 Å². The number of halogens is 1. The van der Waals surface area contributed by atoms with Crippen LogP contribution in [-0.4, -0.2) is 15.2 Å². The van der Waals surface area contributed by atoms with Crippen LogP contribution in [-0.2, 0) is 0 Å². The Balaban J connectivity index is 0. The van der Waals surface area contributed by atoms with Crippen LogP contribution in [0.1, 0.15) is 13.8 Å². The first-order valence-electron chi connectivity index (χ1n) is 2.23. The quantitative estimate of drug-likeness (QED) is 0.490. The van der Waals surface area contributed by atoms with Crippen molar-refractivity contribution < 1.29 is 0 Å². The number of hydrogen-bond acceptors (Lipinski definition) is 0. The third-order valence-corrected chi connectivity index (χ3v) is 1.73. The summed E-state index contributed by atoms with van der Waals surface area (Å²) in [4.78, 5) is 0. The van der Waals surface area contributed by atoms with E-state index in [2.05, 4.69) is 13.8 Å². The fourth-order valence-corrected chi connectivity index (χ4v) is 0.866. The van der Waals surface area contributed by atoms with Gasteiger partial charge in [0.2, 0.25) is 0 Å². The van der Waals surface area contributed by atoms with Crippen LogP contribution in [0.4, 0.5) is 0 Å². The van der Waals surface area contributed by atoms with Gasteiger partial charge in [-0.2, -0.15) is 0 Å². The molecule has 0 bridgehead atoms. The summed E-state index contributed by atoms with van der Waals surface area (Å²) in [5, 5.41) is 2.85. The molecule has 0 aromatic carbocycles. The van der Waals surface area contributed by atoms with Crippen LogP contribution < -0.4 is 0 Å². The molecule has 0 aliphatic heterocycles. The molecule has 0 saturated carbocycles. The van der Waals surface area contributed by atoms with Crippen LogP contribution in [0.25, 0.3) is 0 Å². The molecule has 0 heterocycles. The van der Waals surface area contributed by atoms with Gasteiger partial charge in [-0.05, 0) is 0 Å². The second-order valence-corrected chi connectivity index (χ2v) is 3.32. The van der Waals surface area contributed by atoms with Gasteiger partial charge in [-0.3, -0.25) is 0 Å². The predicted octanol–water partition coefficient (Wildman–Crippen LogP) is 1.99. The average Bonchev–Trinajstić information content (AvgIpc) is 1.41. The zero-order valence-electron chi connectivity index (χ0n) is 4.40.